The third-order valence-electron chi connectivity index (χ3n) is 2.59. The highest BCUT2D eigenvalue weighted by atomic mass is 19.1. The molecule has 1 N–H and O–H groups in total. The molecule has 1 atom stereocenters. The maximum atomic E-state index is 13.4. The van der Waals surface area contributed by atoms with E-state index in [1.54, 1.807) is 18.2 Å². The van der Waals surface area contributed by atoms with Crippen LogP contribution in [0.1, 0.15) is 30.3 Å². The Labute approximate surface area is 98.9 Å². The maximum absolute atomic E-state index is 13.4. The van der Waals surface area contributed by atoms with E-state index in [9.17, 15) is 4.39 Å². The lowest BCUT2D eigenvalue weighted by Gasteiger charge is -2.02. The van der Waals surface area contributed by atoms with E-state index >= 15 is 0 Å². The van der Waals surface area contributed by atoms with Crippen LogP contribution in [0.2, 0.25) is 0 Å². The number of hydrogen-bond donors (Lipinski definition) is 1. The molecule has 1 heterocycles. The lowest BCUT2D eigenvalue weighted by molar-refractivity contribution is 0.409. The van der Waals surface area contributed by atoms with Crippen LogP contribution in [-0.2, 0) is 6.42 Å². The number of hydrogen-bond acceptors (Lipinski definition) is 4. The average Bonchev–Trinajstić information content (AvgIpc) is 2.80. The molecule has 2 aromatic rings. The first kappa shape index (κ1) is 11.7. The summed E-state index contributed by atoms with van der Waals surface area (Å²) in [5, 5.41) is 10.8. The fourth-order valence-electron chi connectivity index (χ4n) is 1.44. The summed E-state index contributed by atoms with van der Waals surface area (Å²) < 4.78 is 18.8. The maximum Gasteiger partial charge on any atom is 0.233 e. The molecular weight excluding hydrogens is 221 g/mol. The lowest BCUT2D eigenvalue weighted by Crippen LogP contribution is -2.12. The van der Waals surface area contributed by atoms with Gasteiger partial charge < -0.3 is 9.73 Å². The van der Waals surface area contributed by atoms with Crippen molar-refractivity contribution in [1.29, 1.82) is 0 Å². The molecule has 0 radical (unpaired) electrons. The Morgan fingerprint density at radius 1 is 1.35 bits per heavy atom. The van der Waals surface area contributed by atoms with Crippen molar-refractivity contribution in [2.75, 3.05) is 7.05 Å². The number of aromatic nitrogens is 2. The summed E-state index contributed by atoms with van der Waals surface area (Å²) in [5.41, 5.74) is 0.555. The van der Waals surface area contributed by atoms with Gasteiger partial charge in [0.15, 0.2) is 0 Å². The van der Waals surface area contributed by atoms with Gasteiger partial charge in [0.05, 0.1) is 12.5 Å². The van der Waals surface area contributed by atoms with Gasteiger partial charge in [-0.05, 0) is 25.6 Å². The quantitative estimate of drug-likeness (QED) is 0.881. The fraction of sp³-hybridized carbons (Fsp3) is 0.333. The van der Waals surface area contributed by atoms with Gasteiger partial charge >= 0.3 is 0 Å². The van der Waals surface area contributed by atoms with Gasteiger partial charge in [-0.15, -0.1) is 10.2 Å². The second-order valence-electron chi connectivity index (χ2n) is 3.81. The van der Waals surface area contributed by atoms with Gasteiger partial charge in [0.2, 0.25) is 11.8 Å². The molecule has 0 amide bonds. The van der Waals surface area contributed by atoms with Crippen molar-refractivity contribution < 1.29 is 8.81 Å². The highest BCUT2D eigenvalue weighted by Crippen LogP contribution is 2.15. The Hall–Kier alpha value is -1.75. The van der Waals surface area contributed by atoms with E-state index in [2.05, 4.69) is 15.5 Å². The molecule has 1 aromatic heterocycles. The molecule has 0 saturated carbocycles. The van der Waals surface area contributed by atoms with E-state index in [0.29, 0.717) is 23.8 Å². The second-order valence-corrected chi connectivity index (χ2v) is 3.81. The molecule has 17 heavy (non-hydrogen) atoms. The molecule has 1 unspecified atom stereocenters. The summed E-state index contributed by atoms with van der Waals surface area (Å²) in [5.74, 6) is 0.681. The van der Waals surface area contributed by atoms with Crippen LogP contribution in [0, 0.1) is 5.82 Å². The van der Waals surface area contributed by atoms with Gasteiger partial charge in [-0.3, -0.25) is 0 Å². The molecule has 90 valence electrons. The average molecular weight is 235 g/mol. The number of nitrogens with zero attached hydrogens (tertiary/aromatic N) is 2. The summed E-state index contributed by atoms with van der Waals surface area (Å²) in [6, 6.07) is 6.56. The van der Waals surface area contributed by atoms with Crippen LogP contribution in [0.5, 0.6) is 0 Å². The molecule has 0 aliphatic carbocycles. The molecular formula is C12H14FN3O. The Balaban J connectivity index is 2.14. The number of benzene rings is 1. The summed E-state index contributed by atoms with van der Waals surface area (Å²) in [4.78, 5) is 0. The summed E-state index contributed by atoms with van der Waals surface area (Å²) in [7, 11) is 1.81. The minimum atomic E-state index is -0.256. The first-order chi connectivity index (χ1) is 8.20. The smallest absolute Gasteiger partial charge is 0.233 e. The fourth-order valence-corrected chi connectivity index (χ4v) is 1.44. The van der Waals surface area contributed by atoms with Crippen LogP contribution < -0.4 is 5.32 Å². The number of halogens is 1. The van der Waals surface area contributed by atoms with Crippen molar-refractivity contribution in [1.82, 2.24) is 15.5 Å². The van der Waals surface area contributed by atoms with Gasteiger partial charge in [-0.1, -0.05) is 18.2 Å². The Morgan fingerprint density at radius 3 is 2.82 bits per heavy atom. The van der Waals surface area contributed by atoms with Crippen LogP contribution >= 0.6 is 0 Å². The largest absolute Gasteiger partial charge is 0.423 e. The van der Waals surface area contributed by atoms with E-state index < -0.39 is 0 Å². The highest BCUT2D eigenvalue weighted by Gasteiger charge is 2.13. The predicted molar refractivity (Wildman–Crippen MR) is 61.0 cm³/mol. The van der Waals surface area contributed by atoms with Crippen LogP contribution in [-0.4, -0.2) is 17.2 Å². The monoisotopic (exact) mass is 235 g/mol. The van der Waals surface area contributed by atoms with Crippen molar-refractivity contribution >= 4 is 0 Å². The van der Waals surface area contributed by atoms with E-state index in [1.165, 1.54) is 6.07 Å². The molecule has 0 aliphatic heterocycles. The van der Waals surface area contributed by atoms with E-state index in [4.69, 9.17) is 4.42 Å². The minimum absolute atomic E-state index is 0.00290. The minimum Gasteiger partial charge on any atom is -0.423 e. The Bertz CT molecular complexity index is 498. The Morgan fingerprint density at radius 2 is 2.12 bits per heavy atom. The third kappa shape index (κ3) is 2.68. The number of rotatable bonds is 4. The molecule has 0 saturated heterocycles. The lowest BCUT2D eigenvalue weighted by atomic mass is 10.1. The molecule has 5 heteroatoms. The van der Waals surface area contributed by atoms with Gasteiger partial charge in [0, 0.05) is 0 Å². The predicted octanol–water partition coefficient (Wildman–Crippen LogP) is 2.08. The zero-order valence-electron chi connectivity index (χ0n) is 9.77. The molecule has 1 aromatic carbocycles. The van der Waals surface area contributed by atoms with Crippen LogP contribution in [0.4, 0.5) is 4.39 Å². The van der Waals surface area contributed by atoms with E-state index in [0.717, 1.165) is 0 Å². The van der Waals surface area contributed by atoms with Crippen molar-refractivity contribution in [3.8, 4) is 0 Å². The van der Waals surface area contributed by atoms with Gasteiger partial charge in [-0.25, -0.2) is 4.39 Å². The molecule has 0 spiro atoms. The topological polar surface area (TPSA) is 51.0 Å². The first-order valence-electron chi connectivity index (χ1n) is 5.43. The van der Waals surface area contributed by atoms with E-state index in [-0.39, 0.29) is 11.9 Å². The SMILES string of the molecule is CNC(C)c1nnc(Cc2ccccc2F)o1. The van der Waals surface area contributed by atoms with Crippen LogP contribution in [0.15, 0.2) is 28.7 Å². The van der Waals surface area contributed by atoms with Crippen LogP contribution in [0.25, 0.3) is 0 Å². The molecule has 0 fully saturated rings. The third-order valence-corrected chi connectivity index (χ3v) is 2.59. The molecule has 0 aliphatic rings. The van der Waals surface area contributed by atoms with Crippen molar-refractivity contribution in [3.05, 3.63) is 47.4 Å². The number of nitrogens with one attached hydrogen (secondary N) is 1. The van der Waals surface area contributed by atoms with Gasteiger partial charge in [0.25, 0.3) is 0 Å². The van der Waals surface area contributed by atoms with Crippen molar-refractivity contribution in [2.45, 2.75) is 19.4 Å². The zero-order valence-corrected chi connectivity index (χ0v) is 9.77. The standard InChI is InChI=1S/C12H14FN3O/c1-8(14-2)12-16-15-11(17-12)7-9-5-3-4-6-10(9)13/h3-6,8,14H,7H2,1-2H3. The van der Waals surface area contributed by atoms with Crippen molar-refractivity contribution in [3.63, 3.8) is 0 Å². The van der Waals surface area contributed by atoms with Crippen LogP contribution in [0.3, 0.4) is 0 Å². The Kier molecular flexibility index (Phi) is 3.49. The van der Waals surface area contributed by atoms with Crippen molar-refractivity contribution in [2.24, 2.45) is 0 Å². The first-order valence-corrected chi connectivity index (χ1v) is 5.43. The molecule has 4 nitrogen and oxygen atoms in total. The molecule has 0 bridgehead atoms. The zero-order chi connectivity index (χ0) is 12.3. The normalized spacial score (nSPS) is 12.6. The second kappa shape index (κ2) is 5.05. The summed E-state index contributed by atoms with van der Waals surface area (Å²) in [6.45, 7) is 1.92. The van der Waals surface area contributed by atoms with E-state index in [1.807, 2.05) is 14.0 Å². The molecule has 2 rings (SSSR count). The van der Waals surface area contributed by atoms with Gasteiger partial charge in [0.1, 0.15) is 5.82 Å². The summed E-state index contributed by atoms with van der Waals surface area (Å²) >= 11 is 0. The van der Waals surface area contributed by atoms with Gasteiger partial charge in [-0.2, -0.15) is 0 Å². The highest BCUT2D eigenvalue weighted by molar-refractivity contribution is 5.20. The summed E-state index contributed by atoms with van der Waals surface area (Å²) in [6.07, 6.45) is 0.316.